The van der Waals surface area contributed by atoms with Gasteiger partial charge in [-0.05, 0) is 43.4 Å². The van der Waals surface area contributed by atoms with Gasteiger partial charge in [-0.15, -0.1) is 0 Å². The van der Waals surface area contributed by atoms with E-state index in [4.69, 9.17) is 9.47 Å². The third kappa shape index (κ3) is 4.13. The van der Waals surface area contributed by atoms with Gasteiger partial charge in [-0.25, -0.2) is 4.79 Å². The van der Waals surface area contributed by atoms with Crippen LogP contribution in [0.3, 0.4) is 0 Å². The third-order valence-corrected chi connectivity index (χ3v) is 4.70. The van der Waals surface area contributed by atoms with E-state index in [0.717, 1.165) is 50.3 Å². The number of rotatable bonds is 9. The molecule has 0 aromatic heterocycles. The Morgan fingerprint density at radius 1 is 1.12 bits per heavy atom. The third-order valence-electron chi connectivity index (χ3n) is 4.70. The number of nitrogens with zero attached hydrogens (tertiary/aromatic N) is 1. The van der Waals surface area contributed by atoms with E-state index in [2.05, 4.69) is 25.2 Å². The Morgan fingerprint density at radius 2 is 1.75 bits per heavy atom. The molecule has 0 saturated heterocycles. The first kappa shape index (κ1) is 18.4. The summed E-state index contributed by atoms with van der Waals surface area (Å²) in [5, 5.41) is 3.13. The summed E-state index contributed by atoms with van der Waals surface area (Å²) in [5.41, 5.74) is 1.25. The number of carbonyl (C=O) groups excluding carboxylic acids is 1. The highest BCUT2D eigenvalue weighted by atomic mass is 16.5. The molecule has 0 radical (unpaired) electrons. The first-order valence-electron chi connectivity index (χ1n) is 8.85. The lowest BCUT2D eigenvalue weighted by atomic mass is 9.95. The van der Waals surface area contributed by atoms with E-state index in [-0.39, 0.29) is 11.4 Å². The van der Waals surface area contributed by atoms with Crippen LogP contribution in [0.4, 0.5) is 4.79 Å². The maximum Gasteiger partial charge on any atom is 0.317 e. The largest absolute Gasteiger partial charge is 0.493 e. The molecule has 1 fully saturated rings. The summed E-state index contributed by atoms with van der Waals surface area (Å²) in [6, 6.07) is 6.10. The Kier molecular flexibility index (Phi) is 6.35. The molecular formula is C19H30N2O3. The molecule has 24 heavy (non-hydrogen) atoms. The van der Waals surface area contributed by atoms with Gasteiger partial charge in [-0.1, -0.05) is 19.9 Å². The fraction of sp³-hybridized carbons (Fsp3) is 0.632. The molecule has 5 nitrogen and oxygen atoms in total. The van der Waals surface area contributed by atoms with E-state index < -0.39 is 0 Å². The van der Waals surface area contributed by atoms with Gasteiger partial charge in [-0.3, -0.25) is 0 Å². The minimum Gasteiger partial charge on any atom is -0.493 e. The zero-order chi connectivity index (χ0) is 17.6. The molecule has 0 spiro atoms. The summed E-state index contributed by atoms with van der Waals surface area (Å²) in [6.07, 6.45) is 4.14. The lowest BCUT2D eigenvalue weighted by Gasteiger charge is -2.24. The fourth-order valence-corrected chi connectivity index (χ4v) is 3.10. The molecule has 2 rings (SSSR count). The Bertz CT molecular complexity index is 550. The predicted molar refractivity (Wildman–Crippen MR) is 96.0 cm³/mol. The minimum atomic E-state index is 0.0410. The van der Waals surface area contributed by atoms with E-state index in [1.807, 2.05) is 17.0 Å². The molecule has 1 saturated carbocycles. The van der Waals surface area contributed by atoms with Crippen molar-refractivity contribution in [2.45, 2.75) is 44.9 Å². The van der Waals surface area contributed by atoms with Gasteiger partial charge >= 0.3 is 6.03 Å². The van der Waals surface area contributed by atoms with Gasteiger partial charge in [0.2, 0.25) is 0 Å². The van der Waals surface area contributed by atoms with Crippen molar-refractivity contribution in [1.82, 2.24) is 10.2 Å². The summed E-state index contributed by atoms with van der Waals surface area (Å²) >= 11 is 0. The molecule has 0 heterocycles. The van der Waals surface area contributed by atoms with Crippen LogP contribution in [-0.4, -0.2) is 44.8 Å². The second-order valence-corrected chi connectivity index (χ2v) is 6.50. The second-order valence-electron chi connectivity index (χ2n) is 6.50. The number of nitrogens with one attached hydrogen (secondary N) is 1. The summed E-state index contributed by atoms with van der Waals surface area (Å²) in [4.78, 5) is 14.3. The molecule has 5 heteroatoms. The summed E-state index contributed by atoms with van der Waals surface area (Å²) < 4.78 is 10.7. The van der Waals surface area contributed by atoms with Gasteiger partial charge < -0.3 is 19.7 Å². The normalized spacial score (nSPS) is 14.8. The van der Waals surface area contributed by atoms with Crippen LogP contribution in [0.15, 0.2) is 18.2 Å². The number of benzene rings is 1. The predicted octanol–water partition coefficient (Wildman–Crippen LogP) is 3.57. The Labute approximate surface area is 145 Å². The molecule has 0 bridgehead atoms. The average Bonchev–Trinajstić information content (AvgIpc) is 3.40. The molecule has 1 aliphatic rings. The van der Waals surface area contributed by atoms with Crippen LogP contribution in [0.5, 0.6) is 11.5 Å². The Balaban J connectivity index is 2.03. The maximum absolute atomic E-state index is 12.4. The summed E-state index contributed by atoms with van der Waals surface area (Å²) in [7, 11) is 3.29. The SMILES string of the molecule is CCCN(CCC)C(=O)NCC1(c2ccc(OC)c(OC)c2)CC1. The quantitative estimate of drug-likeness (QED) is 0.751. The zero-order valence-electron chi connectivity index (χ0n) is 15.4. The summed E-state index contributed by atoms with van der Waals surface area (Å²) in [6.45, 7) is 6.49. The first-order valence-corrected chi connectivity index (χ1v) is 8.85. The molecule has 0 atom stereocenters. The van der Waals surface area contributed by atoms with Gasteiger partial charge in [0.1, 0.15) is 0 Å². The summed E-state index contributed by atoms with van der Waals surface area (Å²) in [5.74, 6) is 1.48. The number of hydrogen-bond donors (Lipinski definition) is 1. The standard InChI is InChI=1S/C19H30N2O3/c1-5-11-21(12-6-2)18(22)20-14-19(9-10-19)15-7-8-16(23-3)17(13-15)24-4/h7-8,13H,5-6,9-12,14H2,1-4H3,(H,20,22). The number of carbonyl (C=O) groups is 1. The first-order chi connectivity index (χ1) is 11.6. The van der Waals surface area contributed by atoms with Crippen LogP contribution in [0.1, 0.15) is 45.1 Å². The van der Waals surface area contributed by atoms with Crippen LogP contribution >= 0.6 is 0 Å². The van der Waals surface area contributed by atoms with E-state index in [1.165, 1.54) is 5.56 Å². The monoisotopic (exact) mass is 334 g/mol. The molecular weight excluding hydrogens is 304 g/mol. The fourth-order valence-electron chi connectivity index (χ4n) is 3.10. The number of hydrogen-bond acceptors (Lipinski definition) is 3. The van der Waals surface area contributed by atoms with Crippen LogP contribution in [0.25, 0.3) is 0 Å². The second kappa shape index (κ2) is 8.27. The van der Waals surface area contributed by atoms with Crippen LogP contribution in [0, 0.1) is 0 Å². The van der Waals surface area contributed by atoms with Crippen molar-refractivity contribution in [1.29, 1.82) is 0 Å². The van der Waals surface area contributed by atoms with Crippen molar-refractivity contribution in [3.8, 4) is 11.5 Å². The van der Waals surface area contributed by atoms with E-state index in [1.54, 1.807) is 14.2 Å². The van der Waals surface area contributed by atoms with Crippen molar-refractivity contribution >= 4 is 6.03 Å². The van der Waals surface area contributed by atoms with Crippen LogP contribution in [0.2, 0.25) is 0 Å². The molecule has 0 aliphatic heterocycles. The van der Waals surface area contributed by atoms with Crippen LogP contribution in [-0.2, 0) is 5.41 Å². The molecule has 2 amide bonds. The highest BCUT2D eigenvalue weighted by Gasteiger charge is 2.45. The number of urea groups is 1. The van der Waals surface area contributed by atoms with Crippen molar-refractivity contribution in [2.75, 3.05) is 33.9 Å². The molecule has 1 aliphatic carbocycles. The molecule has 1 N–H and O–H groups in total. The zero-order valence-corrected chi connectivity index (χ0v) is 15.4. The van der Waals surface area contributed by atoms with Gasteiger partial charge in [0, 0.05) is 25.0 Å². The highest BCUT2D eigenvalue weighted by molar-refractivity contribution is 5.74. The number of amides is 2. The van der Waals surface area contributed by atoms with E-state index in [0.29, 0.717) is 6.54 Å². The minimum absolute atomic E-state index is 0.0410. The van der Waals surface area contributed by atoms with Crippen molar-refractivity contribution in [3.63, 3.8) is 0 Å². The van der Waals surface area contributed by atoms with Crippen molar-refractivity contribution in [2.24, 2.45) is 0 Å². The molecule has 1 aromatic rings. The van der Waals surface area contributed by atoms with Gasteiger partial charge in [0.25, 0.3) is 0 Å². The van der Waals surface area contributed by atoms with E-state index in [9.17, 15) is 4.79 Å². The van der Waals surface area contributed by atoms with E-state index >= 15 is 0 Å². The Morgan fingerprint density at radius 3 is 2.25 bits per heavy atom. The van der Waals surface area contributed by atoms with Crippen LogP contribution < -0.4 is 14.8 Å². The van der Waals surface area contributed by atoms with Crippen molar-refractivity contribution in [3.05, 3.63) is 23.8 Å². The molecule has 1 aromatic carbocycles. The van der Waals surface area contributed by atoms with Gasteiger partial charge in [-0.2, -0.15) is 0 Å². The number of methoxy groups -OCH3 is 2. The average molecular weight is 334 g/mol. The van der Waals surface area contributed by atoms with Crippen molar-refractivity contribution < 1.29 is 14.3 Å². The Hall–Kier alpha value is -1.91. The number of ether oxygens (including phenoxy) is 2. The topological polar surface area (TPSA) is 50.8 Å². The lowest BCUT2D eigenvalue weighted by molar-refractivity contribution is 0.196. The smallest absolute Gasteiger partial charge is 0.317 e. The lowest BCUT2D eigenvalue weighted by Crippen LogP contribution is -2.43. The highest BCUT2D eigenvalue weighted by Crippen LogP contribution is 2.49. The van der Waals surface area contributed by atoms with Gasteiger partial charge in [0.05, 0.1) is 14.2 Å². The molecule has 0 unspecified atom stereocenters. The van der Waals surface area contributed by atoms with Gasteiger partial charge in [0.15, 0.2) is 11.5 Å². The maximum atomic E-state index is 12.4. The molecule has 134 valence electrons.